The number of benzene rings is 2. The quantitative estimate of drug-likeness (QED) is 0.678. The molecule has 2 aromatic rings. The van der Waals surface area contributed by atoms with E-state index in [9.17, 15) is 0 Å². The third-order valence-corrected chi connectivity index (χ3v) is 4.94. The van der Waals surface area contributed by atoms with Gasteiger partial charge in [0.1, 0.15) is 0 Å². The summed E-state index contributed by atoms with van der Waals surface area (Å²) in [4.78, 5) is 0. The summed E-state index contributed by atoms with van der Waals surface area (Å²) in [7, 11) is 0. The Morgan fingerprint density at radius 1 is 0.944 bits per heavy atom. The largest absolute Gasteiger partial charge is 0.0843 e. The average molecular weight is 322 g/mol. The molecule has 1 aliphatic rings. The second-order valence-corrected chi connectivity index (χ2v) is 6.21. The van der Waals surface area contributed by atoms with Crippen molar-refractivity contribution in [2.75, 3.05) is 0 Å². The lowest BCUT2D eigenvalue weighted by molar-refractivity contribution is 0.300. The highest BCUT2D eigenvalue weighted by molar-refractivity contribution is 9.10. The predicted molar refractivity (Wildman–Crippen MR) is 80.2 cm³/mol. The van der Waals surface area contributed by atoms with Crippen LogP contribution in [0.2, 0.25) is 5.02 Å². The molecule has 3 rings (SSSR count). The Morgan fingerprint density at radius 2 is 1.61 bits per heavy atom. The van der Waals surface area contributed by atoms with E-state index in [2.05, 4.69) is 52.3 Å². The average Bonchev–Trinajstić information content (AvgIpc) is 2.32. The zero-order valence-electron chi connectivity index (χ0n) is 10.00. The van der Waals surface area contributed by atoms with Gasteiger partial charge >= 0.3 is 0 Å². The van der Waals surface area contributed by atoms with Crippen LogP contribution in [0.4, 0.5) is 0 Å². The van der Waals surface area contributed by atoms with Crippen LogP contribution in [0.25, 0.3) is 0 Å². The van der Waals surface area contributed by atoms with E-state index in [1.165, 1.54) is 34.9 Å². The normalized spacial score (nSPS) is 17.2. The van der Waals surface area contributed by atoms with Crippen LogP contribution in [0.5, 0.6) is 0 Å². The molecule has 0 heterocycles. The maximum atomic E-state index is 5.99. The highest BCUT2D eigenvalue weighted by Gasteiger charge is 2.41. The van der Waals surface area contributed by atoms with E-state index in [-0.39, 0.29) is 5.41 Å². The number of hydrogen-bond donors (Lipinski definition) is 0. The van der Waals surface area contributed by atoms with Crippen molar-refractivity contribution in [1.82, 2.24) is 0 Å². The third-order valence-electron chi connectivity index (χ3n) is 3.99. The van der Waals surface area contributed by atoms with Gasteiger partial charge in [0, 0.05) is 14.9 Å². The molecule has 0 unspecified atom stereocenters. The lowest BCUT2D eigenvalue weighted by Crippen LogP contribution is -2.35. The first-order valence-corrected chi connectivity index (χ1v) is 7.40. The molecule has 1 aliphatic carbocycles. The van der Waals surface area contributed by atoms with Crippen LogP contribution in [-0.2, 0) is 5.41 Å². The first-order chi connectivity index (χ1) is 8.72. The van der Waals surface area contributed by atoms with Crippen LogP contribution < -0.4 is 0 Å². The van der Waals surface area contributed by atoms with E-state index in [1.807, 2.05) is 12.1 Å². The molecule has 92 valence electrons. The molecule has 0 bridgehead atoms. The van der Waals surface area contributed by atoms with Crippen LogP contribution in [-0.4, -0.2) is 0 Å². The Balaban J connectivity index is 2.11. The summed E-state index contributed by atoms with van der Waals surface area (Å²) in [6.07, 6.45) is 3.73. The van der Waals surface area contributed by atoms with E-state index in [0.29, 0.717) is 0 Å². The van der Waals surface area contributed by atoms with E-state index in [4.69, 9.17) is 11.6 Å². The fourth-order valence-electron chi connectivity index (χ4n) is 2.86. The Bertz CT molecular complexity index is 556. The molecular weight excluding hydrogens is 308 g/mol. The van der Waals surface area contributed by atoms with Gasteiger partial charge in [0.15, 0.2) is 0 Å². The molecule has 0 saturated heterocycles. The van der Waals surface area contributed by atoms with Crippen LogP contribution in [0.1, 0.15) is 30.4 Å². The molecular formula is C16H14BrCl. The van der Waals surface area contributed by atoms with Gasteiger partial charge in [-0.3, -0.25) is 0 Å². The highest BCUT2D eigenvalue weighted by atomic mass is 79.9. The molecule has 1 saturated carbocycles. The molecule has 0 amide bonds. The molecule has 0 aromatic heterocycles. The predicted octanol–water partition coefficient (Wildman–Crippen LogP) is 5.57. The molecule has 0 N–H and O–H groups in total. The van der Waals surface area contributed by atoms with Crippen molar-refractivity contribution in [3.05, 3.63) is 69.2 Å². The molecule has 18 heavy (non-hydrogen) atoms. The topological polar surface area (TPSA) is 0 Å². The van der Waals surface area contributed by atoms with Crippen LogP contribution in [0, 0.1) is 0 Å². The zero-order chi connectivity index (χ0) is 12.6. The van der Waals surface area contributed by atoms with Gasteiger partial charge in [-0.15, -0.1) is 0 Å². The first-order valence-electron chi connectivity index (χ1n) is 6.23. The summed E-state index contributed by atoms with van der Waals surface area (Å²) in [6, 6.07) is 16.9. The lowest BCUT2D eigenvalue weighted by Gasteiger charge is -2.43. The van der Waals surface area contributed by atoms with Crippen molar-refractivity contribution >= 4 is 27.5 Å². The maximum absolute atomic E-state index is 5.99. The minimum absolute atomic E-state index is 0.185. The van der Waals surface area contributed by atoms with Gasteiger partial charge in [-0.1, -0.05) is 64.3 Å². The molecule has 2 aromatic carbocycles. The van der Waals surface area contributed by atoms with Crippen molar-refractivity contribution < 1.29 is 0 Å². The first kappa shape index (κ1) is 12.3. The Morgan fingerprint density at radius 3 is 2.17 bits per heavy atom. The second-order valence-electron chi connectivity index (χ2n) is 4.92. The second kappa shape index (κ2) is 4.71. The summed E-state index contributed by atoms with van der Waals surface area (Å²) in [5, 5.41) is 0.806. The van der Waals surface area contributed by atoms with Crippen LogP contribution >= 0.6 is 27.5 Å². The van der Waals surface area contributed by atoms with Gasteiger partial charge in [0.05, 0.1) is 0 Å². The fourth-order valence-corrected chi connectivity index (χ4v) is 3.65. The smallest absolute Gasteiger partial charge is 0.0406 e. The zero-order valence-corrected chi connectivity index (χ0v) is 12.3. The van der Waals surface area contributed by atoms with Crippen molar-refractivity contribution in [2.24, 2.45) is 0 Å². The molecule has 0 aliphatic heterocycles. The van der Waals surface area contributed by atoms with E-state index >= 15 is 0 Å². The van der Waals surface area contributed by atoms with Gasteiger partial charge in [0.25, 0.3) is 0 Å². The van der Waals surface area contributed by atoms with Crippen molar-refractivity contribution in [3.63, 3.8) is 0 Å². The summed E-state index contributed by atoms with van der Waals surface area (Å²) in [6.45, 7) is 0. The Labute approximate surface area is 121 Å². The number of hydrogen-bond acceptors (Lipinski definition) is 0. The van der Waals surface area contributed by atoms with Gasteiger partial charge in [-0.2, -0.15) is 0 Å². The number of rotatable bonds is 2. The maximum Gasteiger partial charge on any atom is 0.0406 e. The summed E-state index contributed by atoms with van der Waals surface area (Å²) >= 11 is 9.68. The third kappa shape index (κ3) is 1.90. The Hall–Kier alpha value is -0.790. The van der Waals surface area contributed by atoms with Crippen molar-refractivity contribution in [3.8, 4) is 0 Å². The van der Waals surface area contributed by atoms with Gasteiger partial charge < -0.3 is 0 Å². The molecule has 2 heteroatoms. The van der Waals surface area contributed by atoms with E-state index in [1.54, 1.807) is 0 Å². The molecule has 1 fully saturated rings. The van der Waals surface area contributed by atoms with E-state index < -0.39 is 0 Å². The minimum Gasteiger partial charge on any atom is -0.0843 e. The summed E-state index contributed by atoms with van der Waals surface area (Å²) in [5.41, 5.74) is 2.97. The van der Waals surface area contributed by atoms with Gasteiger partial charge in [0.2, 0.25) is 0 Å². The SMILES string of the molecule is Clc1ccc(C2(c3ccccc3Br)CCC2)cc1. The van der Waals surface area contributed by atoms with Crippen molar-refractivity contribution in [1.29, 1.82) is 0 Å². The molecule has 0 nitrogen and oxygen atoms in total. The standard InChI is InChI=1S/C16H14BrCl/c17-15-5-2-1-4-14(15)16(10-3-11-16)12-6-8-13(18)9-7-12/h1-2,4-9H,3,10-11H2. The number of halogens is 2. The lowest BCUT2D eigenvalue weighted by atomic mass is 9.60. The fraction of sp³-hybridized carbons (Fsp3) is 0.250. The summed E-state index contributed by atoms with van der Waals surface area (Å²) in [5.74, 6) is 0. The van der Waals surface area contributed by atoms with Crippen molar-refractivity contribution in [2.45, 2.75) is 24.7 Å². The molecule has 0 spiro atoms. The minimum atomic E-state index is 0.185. The Kier molecular flexibility index (Phi) is 3.21. The molecule has 0 atom stereocenters. The van der Waals surface area contributed by atoms with Crippen LogP contribution in [0.3, 0.4) is 0 Å². The van der Waals surface area contributed by atoms with E-state index in [0.717, 1.165) is 5.02 Å². The highest BCUT2D eigenvalue weighted by Crippen LogP contribution is 2.50. The monoisotopic (exact) mass is 320 g/mol. The summed E-state index contributed by atoms with van der Waals surface area (Å²) < 4.78 is 1.21. The molecule has 0 radical (unpaired) electrons. The van der Waals surface area contributed by atoms with Gasteiger partial charge in [-0.05, 0) is 42.2 Å². The van der Waals surface area contributed by atoms with Crippen LogP contribution in [0.15, 0.2) is 53.0 Å². The van der Waals surface area contributed by atoms with Gasteiger partial charge in [-0.25, -0.2) is 0 Å².